The standard InChI is InChI=1S/C13H23F2N3O2/c1-4-16-10(9(2)3)7-13-17-12(18-20-13)5-6-19-8-11(14)15/h9-11,16H,4-8H2,1-3H3. The molecule has 20 heavy (non-hydrogen) atoms. The Bertz CT molecular complexity index is 372. The summed E-state index contributed by atoms with van der Waals surface area (Å²) in [5, 5.41) is 7.19. The van der Waals surface area contributed by atoms with Crippen LogP contribution in [0.1, 0.15) is 32.5 Å². The Hall–Kier alpha value is -1.08. The van der Waals surface area contributed by atoms with Gasteiger partial charge in [-0.3, -0.25) is 0 Å². The summed E-state index contributed by atoms with van der Waals surface area (Å²) in [6.45, 7) is 6.80. The number of nitrogens with zero attached hydrogens (tertiary/aromatic N) is 2. The summed E-state index contributed by atoms with van der Waals surface area (Å²) in [5.74, 6) is 1.52. The number of hydrogen-bond acceptors (Lipinski definition) is 5. The lowest BCUT2D eigenvalue weighted by molar-refractivity contribution is 0.0182. The largest absolute Gasteiger partial charge is 0.375 e. The van der Waals surface area contributed by atoms with Gasteiger partial charge in [0.25, 0.3) is 6.43 Å². The van der Waals surface area contributed by atoms with Gasteiger partial charge >= 0.3 is 0 Å². The second kappa shape index (κ2) is 8.97. The number of halogens is 2. The third-order valence-corrected chi connectivity index (χ3v) is 2.89. The molecule has 1 aromatic heterocycles. The van der Waals surface area contributed by atoms with Gasteiger partial charge in [-0.25, -0.2) is 8.78 Å². The van der Waals surface area contributed by atoms with Gasteiger partial charge in [-0.15, -0.1) is 0 Å². The summed E-state index contributed by atoms with van der Waals surface area (Å²) >= 11 is 0. The van der Waals surface area contributed by atoms with Crippen molar-refractivity contribution in [3.63, 3.8) is 0 Å². The average molecular weight is 291 g/mol. The number of rotatable bonds is 10. The number of aromatic nitrogens is 2. The lowest BCUT2D eigenvalue weighted by Gasteiger charge is -2.19. The molecule has 0 saturated carbocycles. The molecule has 7 heteroatoms. The molecule has 0 aliphatic rings. The van der Waals surface area contributed by atoms with Gasteiger partial charge in [0.15, 0.2) is 5.82 Å². The molecule has 1 N–H and O–H groups in total. The van der Waals surface area contributed by atoms with E-state index in [0.29, 0.717) is 30.5 Å². The van der Waals surface area contributed by atoms with Crippen LogP contribution in [-0.2, 0) is 17.6 Å². The van der Waals surface area contributed by atoms with Crippen LogP contribution in [0.25, 0.3) is 0 Å². The smallest absolute Gasteiger partial charge is 0.261 e. The number of ether oxygens (including phenoxy) is 1. The Morgan fingerprint density at radius 3 is 2.70 bits per heavy atom. The van der Waals surface area contributed by atoms with Crippen LogP contribution in [0.5, 0.6) is 0 Å². The topological polar surface area (TPSA) is 60.2 Å². The van der Waals surface area contributed by atoms with E-state index in [1.54, 1.807) is 0 Å². The van der Waals surface area contributed by atoms with Gasteiger partial charge in [0, 0.05) is 18.9 Å². The number of nitrogens with one attached hydrogen (secondary N) is 1. The highest BCUT2D eigenvalue weighted by atomic mass is 19.3. The van der Waals surface area contributed by atoms with Gasteiger partial charge in [0.2, 0.25) is 5.89 Å². The number of likely N-dealkylation sites (N-methyl/N-ethyl adjacent to an activating group) is 1. The maximum absolute atomic E-state index is 11.9. The lowest BCUT2D eigenvalue weighted by atomic mass is 10.0. The van der Waals surface area contributed by atoms with Crippen molar-refractivity contribution in [2.45, 2.75) is 46.1 Å². The first-order chi connectivity index (χ1) is 9.52. The molecule has 1 heterocycles. The van der Waals surface area contributed by atoms with Crippen LogP contribution in [0.15, 0.2) is 4.52 Å². The minimum Gasteiger partial charge on any atom is -0.375 e. The molecular weight excluding hydrogens is 268 g/mol. The summed E-state index contributed by atoms with van der Waals surface area (Å²) in [4.78, 5) is 4.25. The zero-order chi connectivity index (χ0) is 15.0. The van der Waals surface area contributed by atoms with Crippen LogP contribution in [0.2, 0.25) is 0 Å². The molecule has 1 aromatic rings. The third kappa shape index (κ3) is 6.38. The summed E-state index contributed by atoms with van der Waals surface area (Å²) < 4.78 is 33.7. The second-order valence-corrected chi connectivity index (χ2v) is 4.93. The van der Waals surface area contributed by atoms with E-state index in [4.69, 9.17) is 9.26 Å². The van der Waals surface area contributed by atoms with E-state index < -0.39 is 13.0 Å². The quantitative estimate of drug-likeness (QED) is 0.669. The molecule has 1 atom stereocenters. The molecule has 116 valence electrons. The van der Waals surface area contributed by atoms with Crippen LogP contribution in [0, 0.1) is 5.92 Å². The molecule has 1 unspecified atom stereocenters. The number of hydrogen-bond donors (Lipinski definition) is 1. The van der Waals surface area contributed by atoms with Crippen molar-refractivity contribution in [2.75, 3.05) is 19.8 Å². The Labute approximate surface area is 118 Å². The maximum atomic E-state index is 11.9. The summed E-state index contributed by atoms with van der Waals surface area (Å²) in [6, 6.07) is 0.281. The molecular formula is C13H23F2N3O2. The molecule has 0 fully saturated rings. The first-order valence-corrected chi connectivity index (χ1v) is 6.93. The first kappa shape index (κ1) is 17.0. The van der Waals surface area contributed by atoms with E-state index in [1.807, 2.05) is 0 Å². The fourth-order valence-electron chi connectivity index (χ4n) is 1.80. The predicted octanol–water partition coefficient (Wildman–Crippen LogP) is 2.07. The first-order valence-electron chi connectivity index (χ1n) is 6.93. The second-order valence-electron chi connectivity index (χ2n) is 4.93. The van der Waals surface area contributed by atoms with Gasteiger partial charge in [0.1, 0.15) is 6.61 Å². The molecule has 0 aliphatic heterocycles. The van der Waals surface area contributed by atoms with Crippen LogP contribution >= 0.6 is 0 Å². The van der Waals surface area contributed by atoms with Crippen molar-refractivity contribution in [3.05, 3.63) is 11.7 Å². The van der Waals surface area contributed by atoms with Crippen LogP contribution in [0.4, 0.5) is 8.78 Å². The van der Waals surface area contributed by atoms with Gasteiger partial charge in [0.05, 0.1) is 6.61 Å². The molecule has 0 radical (unpaired) electrons. The van der Waals surface area contributed by atoms with E-state index in [0.717, 1.165) is 6.54 Å². The highest BCUT2D eigenvalue weighted by Crippen LogP contribution is 2.09. The minimum atomic E-state index is -2.44. The predicted molar refractivity (Wildman–Crippen MR) is 70.8 cm³/mol. The zero-order valence-electron chi connectivity index (χ0n) is 12.2. The number of alkyl halides is 2. The molecule has 0 aromatic carbocycles. The fourth-order valence-corrected chi connectivity index (χ4v) is 1.80. The third-order valence-electron chi connectivity index (χ3n) is 2.89. The maximum Gasteiger partial charge on any atom is 0.261 e. The Kier molecular flexibility index (Phi) is 7.61. The van der Waals surface area contributed by atoms with Crippen molar-refractivity contribution in [1.82, 2.24) is 15.5 Å². The van der Waals surface area contributed by atoms with Crippen molar-refractivity contribution in [3.8, 4) is 0 Å². The highest BCUT2D eigenvalue weighted by Gasteiger charge is 2.17. The summed E-state index contributed by atoms with van der Waals surface area (Å²) in [7, 11) is 0. The average Bonchev–Trinajstić information content (AvgIpc) is 2.81. The minimum absolute atomic E-state index is 0.171. The Balaban J connectivity index is 2.38. The van der Waals surface area contributed by atoms with Crippen molar-refractivity contribution < 1.29 is 18.0 Å². The van der Waals surface area contributed by atoms with Crippen molar-refractivity contribution in [2.24, 2.45) is 5.92 Å². The lowest BCUT2D eigenvalue weighted by Crippen LogP contribution is -2.35. The monoisotopic (exact) mass is 291 g/mol. The van der Waals surface area contributed by atoms with E-state index in [9.17, 15) is 8.78 Å². The van der Waals surface area contributed by atoms with E-state index in [2.05, 4.69) is 36.2 Å². The normalized spacial score (nSPS) is 13.3. The SMILES string of the molecule is CCNC(Cc1nc(CCOCC(F)F)no1)C(C)C. The molecule has 0 bridgehead atoms. The molecule has 0 saturated heterocycles. The zero-order valence-corrected chi connectivity index (χ0v) is 12.2. The Morgan fingerprint density at radius 2 is 2.10 bits per heavy atom. The molecule has 0 spiro atoms. The summed E-state index contributed by atoms with van der Waals surface area (Å²) in [5.41, 5.74) is 0. The van der Waals surface area contributed by atoms with Crippen molar-refractivity contribution in [1.29, 1.82) is 0 Å². The van der Waals surface area contributed by atoms with E-state index >= 15 is 0 Å². The highest BCUT2D eigenvalue weighted by molar-refractivity contribution is 4.90. The van der Waals surface area contributed by atoms with Gasteiger partial charge in [-0.1, -0.05) is 25.9 Å². The van der Waals surface area contributed by atoms with Gasteiger partial charge < -0.3 is 14.6 Å². The van der Waals surface area contributed by atoms with Gasteiger partial charge in [-0.05, 0) is 12.5 Å². The fraction of sp³-hybridized carbons (Fsp3) is 0.846. The molecule has 0 aliphatic carbocycles. The summed E-state index contributed by atoms with van der Waals surface area (Å²) in [6.07, 6.45) is -1.40. The van der Waals surface area contributed by atoms with Crippen LogP contribution < -0.4 is 5.32 Å². The van der Waals surface area contributed by atoms with Crippen LogP contribution in [-0.4, -0.2) is 42.4 Å². The van der Waals surface area contributed by atoms with Crippen LogP contribution in [0.3, 0.4) is 0 Å². The molecule has 1 rings (SSSR count). The van der Waals surface area contributed by atoms with Gasteiger partial charge in [-0.2, -0.15) is 4.98 Å². The molecule has 0 amide bonds. The molecule has 5 nitrogen and oxygen atoms in total. The van der Waals surface area contributed by atoms with Crippen molar-refractivity contribution >= 4 is 0 Å². The Morgan fingerprint density at radius 1 is 1.35 bits per heavy atom. The van der Waals surface area contributed by atoms with E-state index in [1.165, 1.54) is 0 Å². The van der Waals surface area contributed by atoms with E-state index in [-0.39, 0.29) is 12.6 Å².